The molecule has 0 aromatic carbocycles. The molecule has 1 unspecified atom stereocenters. The molecule has 0 bridgehead atoms. The summed E-state index contributed by atoms with van der Waals surface area (Å²) in [5, 5.41) is 11.0. The van der Waals surface area contributed by atoms with Crippen LogP contribution in [0.4, 0.5) is 0 Å². The molecule has 1 aliphatic rings. The Hall–Kier alpha value is -0.830. The fourth-order valence-corrected chi connectivity index (χ4v) is 3.22. The average Bonchev–Trinajstić information content (AvgIpc) is 3.23. The van der Waals surface area contributed by atoms with E-state index in [0.717, 1.165) is 55.5 Å². The fourth-order valence-electron chi connectivity index (χ4n) is 3.22. The zero-order valence-corrected chi connectivity index (χ0v) is 18.4. The first-order valence-electron chi connectivity index (χ1n) is 9.42. The molecule has 0 saturated carbocycles. The number of hydrogen-bond acceptors (Lipinski definition) is 4. The van der Waals surface area contributed by atoms with Crippen LogP contribution in [0.1, 0.15) is 51.1 Å². The lowest BCUT2D eigenvalue weighted by molar-refractivity contribution is 0.342. The molecule has 0 radical (unpaired) electrons. The van der Waals surface area contributed by atoms with E-state index < -0.39 is 0 Å². The van der Waals surface area contributed by atoms with Gasteiger partial charge < -0.3 is 20.1 Å². The minimum atomic E-state index is 0. The van der Waals surface area contributed by atoms with Crippen LogP contribution in [-0.4, -0.2) is 48.7 Å². The highest BCUT2D eigenvalue weighted by Gasteiger charge is 2.21. The molecule has 1 saturated heterocycles. The molecule has 7 heteroatoms. The first-order chi connectivity index (χ1) is 11.7. The maximum atomic E-state index is 5.43. The molecule has 0 aliphatic carbocycles. The summed E-state index contributed by atoms with van der Waals surface area (Å²) >= 11 is 0. The number of nitrogens with one attached hydrogen (secondary N) is 2. The quantitative estimate of drug-likeness (QED) is 0.353. The maximum Gasteiger partial charge on any atom is 0.191 e. The number of likely N-dealkylation sites (tertiary alicyclic amines) is 1. The van der Waals surface area contributed by atoms with Crippen molar-refractivity contribution < 1.29 is 4.52 Å². The van der Waals surface area contributed by atoms with E-state index in [2.05, 4.69) is 48.4 Å². The standard InChI is InChI=1S/C18H33N5O.HI/c1-5-16-15(17(6-2)24-22-16)12-21-18(19-7-3)20-11-14-9-10-23(8-4)13-14;/h14H,5-13H2,1-4H3,(H2,19,20,21);1H. The molecular weight excluding hydrogens is 429 g/mol. The maximum absolute atomic E-state index is 5.43. The molecule has 0 spiro atoms. The lowest BCUT2D eigenvalue weighted by atomic mass is 10.1. The first kappa shape index (κ1) is 22.2. The molecule has 2 heterocycles. The van der Waals surface area contributed by atoms with Gasteiger partial charge in [-0.3, -0.25) is 0 Å². The summed E-state index contributed by atoms with van der Waals surface area (Å²) in [6, 6.07) is 0. The van der Waals surface area contributed by atoms with Crippen LogP contribution >= 0.6 is 24.0 Å². The van der Waals surface area contributed by atoms with Crippen molar-refractivity contribution in [1.29, 1.82) is 0 Å². The molecule has 1 aromatic rings. The Morgan fingerprint density at radius 2 is 2.04 bits per heavy atom. The Labute approximate surface area is 169 Å². The van der Waals surface area contributed by atoms with Crippen LogP contribution in [-0.2, 0) is 19.4 Å². The van der Waals surface area contributed by atoms with Crippen LogP contribution in [0.5, 0.6) is 0 Å². The summed E-state index contributed by atoms with van der Waals surface area (Å²) in [4.78, 5) is 7.26. The van der Waals surface area contributed by atoms with Crippen molar-refractivity contribution in [3.8, 4) is 0 Å². The summed E-state index contributed by atoms with van der Waals surface area (Å²) < 4.78 is 5.43. The third kappa shape index (κ3) is 6.44. The van der Waals surface area contributed by atoms with E-state index in [1.165, 1.54) is 19.5 Å². The van der Waals surface area contributed by atoms with Crippen LogP contribution in [0.2, 0.25) is 0 Å². The largest absolute Gasteiger partial charge is 0.361 e. The van der Waals surface area contributed by atoms with Crippen molar-refractivity contribution in [3.63, 3.8) is 0 Å². The van der Waals surface area contributed by atoms with Gasteiger partial charge in [0.2, 0.25) is 0 Å². The molecule has 0 amide bonds. The SMILES string of the molecule is CCNC(=NCc1c(CC)noc1CC)NCC1CCN(CC)C1.I. The molecule has 1 atom stereocenters. The number of guanidine groups is 1. The Kier molecular flexibility index (Phi) is 10.4. The molecule has 1 aromatic heterocycles. The van der Waals surface area contributed by atoms with Gasteiger partial charge in [0.05, 0.1) is 12.2 Å². The fraction of sp³-hybridized carbons (Fsp3) is 0.778. The van der Waals surface area contributed by atoms with Gasteiger partial charge >= 0.3 is 0 Å². The minimum absolute atomic E-state index is 0. The van der Waals surface area contributed by atoms with Crippen molar-refractivity contribution >= 4 is 29.9 Å². The zero-order chi connectivity index (χ0) is 17.4. The van der Waals surface area contributed by atoms with Gasteiger partial charge in [-0.2, -0.15) is 0 Å². The van der Waals surface area contributed by atoms with E-state index in [1.807, 2.05) is 0 Å². The van der Waals surface area contributed by atoms with Crippen LogP contribution < -0.4 is 10.6 Å². The number of rotatable bonds is 8. The van der Waals surface area contributed by atoms with Crippen LogP contribution in [0.25, 0.3) is 0 Å². The predicted octanol–water partition coefficient (Wildman–Crippen LogP) is 2.81. The average molecular weight is 463 g/mol. The summed E-state index contributed by atoms with van der Waals surface area (Å²) in [6.07, 6.45) is 3.01. The highest BCUT2D eigenvalue weighted by atomic mass is 127. The number of hydrogen-bond donors (Lipinski definition) is 2. The van der Waals surface area contributed by atoms with Gasteiger partial charge in [0.1, 0.15) is 5.76 Å². The molecule has 2 rings (SSSR count). The number of aromatic nitrogens is 1. The number of halogens is 1. The normalized spacial score (nSPS) is 18.2. The van der Waals surface area contributed by atoms with Crippen molar-refractivity contribution in [3.05, 3.63) is 17.0 Å². The number of aliphatic imine (C=N–C) groups is 1. The summed E-state index contributed by atoms with van der Waals surface area (Å²) in [7, 11) is 0. The second-order valence-corrected chi connectivity index (χ2v) is 6.36. The smallest absolute Gasteiger partial charge is 0.191 e. The third-order valence-corrected chi connectivity index (χ3v) is 4.72. The minimum Gasteiger partial charge on any atom is -0.361 e. The summed E-state index contributed by atoms with van der Waals surface area (Å²) in [5.41, 5.74) is 2.18. The Morgan fingerprint density at radius 3 is 2.64 bits per heavy atom. The zero-order valence-electron chi connectivity index (χ0n) is 16.1. The van der Waals surface area contributed by atoms with Crippen LogP contribution in [0.15, 0.2) is 9.52 Å². The van der Waals surface area contributed by atoms with Crippen molar-refractivity contribution in [2.45, 2.75) is 53.5 Å². The van der Waals surface area contributed by atoms with Gasteiger partial charge in [0.15, 0.2) is 5.96 Å². The van der Waals surface area contributed by atoms with Crippen molar-refractivity contribution in [2.75, 3.05) is 32.7 Å². The van der Waals surface area contributed by atoms with Gasteiger partial charge in [0, 0.05) is 31.6 Å². The molecule has 2 N–H and O–H groups in total. The second-order valence-electron chi connectivity index (χ2n) is 6.36. The van der Waals surface area contributed by atoms with E-state index in [-0.39, 0.29) is 24.0 Å². The van der Waals surface area contributed by atoms with Gasteiger partial charge in [-0.25, -0.2) is 4.99 Å². The number of aryl methyl sites for hydroxylation is 2. The van der Waals surface area contributed by atoms with E-state index in [9.17, 15) is 0 Å². The molecule has 1 aliphatic heterocycles. The van der Waals surface area contributed by atoms with Crippen LogP contribution in [0, 0.1) is 5.92 Å². The van der Waals surface area contributed by atoms with Crippen molar-refractivity contribution in [2.24, 2.45) is 10.9 Å². The highest BCUT2D eigenvalue weighted by Crippen LogP contribution is 2.17. The van der Waals surface area contributed by atoms with E-state index in [1.54, 1.807) is 0 Å². The molecule has 6 nitrogen and oxygen atoms in total. The number of nitrogens with zero attached hydrogens (tertiary/aromatic N) is 3. The molecule has 1 fully saturated rings. The van der Waals surface area contributed by atoms with Gasteiger partial charge in [-0.15, -0.1) is 24.0 Å². The lowest BCUT2D eigenvalue weighted by Gasteiger charge is -2.16. The van der Waals surface area contributed by atoms with E-state index in [4.69, 9.17) is 9.52 Å². The summed E-state index contributed by atoms with van der Waals surface area (Å²) in [5.74, 6) is 2.56. The second kappa shape index (κ2) is 11.7. The van der Waals surface area contributed by atoms with Crippen LogP contribution in [0.3, 0.4) is 0 Å². The first-order valence-corrected chi connectivity index (χ1v) is 9.42. The van der Waals surface area contributed by atoms with Gasteiger partial charge in [-0.05, 0) is 38.8 Å². The lowest BCUT2D eigenvalue weighted by Crippen LogP contribution is -2.40. The monoisotopic (exact) mass is 463 g/mol. The molecular formula is C18H34IN5O. The topological polar surface area (TPSA) is 65.7 Å². The van der Waals surface area contributed by atoms with Crippen molar-refractivity contribution in [1.82, 2.24) is 20.7 Å². The predicted molar refractivity (Wildman–Crippen MR) is 114 cm³/mol. The van der Waals surface area contributed by atoms with E-state index in [0.29, 0.717) is 12.5 Å². The Bertz CT molecular complexity index is 510. The summed E-state index contributed by atoms with van der Waals surface area (Å²) in [6.45, 7) is 14.6. The van der Waals surface area contributed by atoms with E-state index >= 15 is 0 Å². The molecule has 144 valence electrons. The highest BCUT2D eigenvalue weighted by molar-refractivity contribution is 14.0. The van der Waals surface area contributed by atoms with Gasteiger partial charge in [0.25, 0.3) is 0 Å². The molecule has 25 heavy (non-hydrogen) atoms. The Balaban J connectivity index is 0.00000312. The van der Waals surface area contributed by atoms with Gasteiger partial charge in [-0.1, -0.05) is 25.9 Å². The Morgan fingerprint density at radius 1 is 1.24 bits per heavy atom. The third-order valence-electron chi connectivity index (χ3n) is 4.72.